The average Bonchev–Trinajstić information content (AvgIpc) is 1.93. The molecule has 0 aliphatic heterocycles. The van der Waals surface area contributed by atoms with Crippen LogP contribution in [0, 0.1) is 0 Å². The molecule has 1 aromatic heterocycles. The van der Waals surface area contributed by atoms with Crippen LogP contribution in [0.1, 0.15) is 41.5 Å². The number of nitrogens with one attached hydrogen (secondary N) is 1. The highest BCUT2D eigenvalue weighted by Crippen LogP contribution is 2.15. The molecule has 0 aliphatic rings. The highest BCUT2D eigenvalue weighted by atomic mass is 16.5. The van der Waals surface area contributed by atoms with Gasteiger partial charge in [0, 0.05) is 0 Å². The van der Waals surface area contributed by atoms with E-state index in [-0.39, 0.29) is 12.0 Å². The predicted octanol–water partition coefficient (Wildman–Crippen LogP) is 1.52. The zero-order chi connectivity index (χ0) is 13.3. The first-order valence-corrected chi connectivity index (χ1v) is 5.42. The third kappa shape index (κ3) is 5.33. The van der Waals surface area contributed by atoms with Gasteiger partial charge in [0.05, 0.1) is 0 Å². The molecule has 1 aromatic rings. The lowest BCUT2D eigenvalue weighted by Gasteiger charge is -2.21. The SMILES string of the molecule is CC(C)(C)Oc1nc(OC(C)(C)C)[nH]c(=O)n1. The molecule has 96 valence electrons. The van der Waals surface area contributed by atoms with E-state index in [4.69, 9.17) is 9.47 Å². The predicted molar refractivity (Wildman–Crippen MR) is 63.4 cm³/mol. The van der Waals surface area contributed by atoms with Crippen LogP contribution < -0.4 is 15.2 Å². The molecule has 0 fully saturated rings. The van der Waals surface area contributed by atoms with Crippen molar-refractivity contribution in [1.29, 1.82) is 0 Å². The quantitative estimate of drug-likeness (QED) is 0.849. The van der Waals surface area contributed by atoms with Crippen LogP contribution in [0.3, 0.4) is 0 Å². The summed E-state index contributed by atoms with van der Waals surface area (Å²) in [6.45, 7) is 11.1. The van der Waals surface area contributed by atoms with Crippen molar-refractivity contribution in [2.45, 2.75) is 52.7 Å². The van der Waals surface area contributed by atoms with Crippen molar-refractivity contribution in [3.8, 4) is 12.0 Å². The fourth-order valence-electron chi connectivity index (χ4n) is 1.00. The van der Waals surface area contributed by atoms with Crippen LogP contribution in [0.4, 0.5) is 0 Å². The van der Waals surface area contributed by atoms with Gasteiger partial charge in [0.1, 0.15) is 11.2 Å². The van der Waals surface area contributed by atoms with E-state index < -0.39 is 16.9 Å². The Kier molecular flexibility index (Phi) is 3.45. The number of H-pyrrole nitrogens is 1. The van der Waals surface area contributed by atoms with Crippen LogP contribution in [-0.4, -0.2) is 26.2 Å². The number of hydrogen-bond acceptors (Lipinski definition) is 5. The molecule has 1 heterocycles. The van der Waals surface area contributed by atoms with Gasteiger partial charge in [-0.1, -0.05) is 0 Å². The minimum Gasteiger partial charge on any atom is -0.459 e. The first-order chi connectivity index (χ1) is 7.55. The lowest BCUT2D eigenvalue weighted by atomic mass is 10.2. The van der Waals surface area contributed by atoms with Gasteiger partial charge < -0.3 is 9.47 Å². The van der Waals surface area contributed by atoms with E-state index in [2.05, 4.69) is 15.0 Å². The smallest absolute Gasteiger partial charge is 0.353 e. The van der Waals surface area contributed by atoms with Crippen molar-refractivity contribution in [2.24, 2.45) is 0 Å². The average molecular weight is 241 g/mol. The van der Waals surface area contributed by atoms with Gasteiger partial charge >= 0.3 is 17.7 Å². The summed E-state index contributed by atoms with van der Waals surface area (Å²) in [6, 6.07) is 0.122. The molecule has 0 atom stereocenters. The van der Waals surface area contributed by atoms with Crippen LogP contribution in [0.15, 0.2) is 4.79 Å². The largest absolute Gasteiger partial charge is 0.459 e. The molecule has 0 saturated carbocycles. The second-order valence-electron chi connectivity index (χ2n) is 5.67. The summed E-state index contributed by atoms with van der Waals surface area (Å²) in [5, 5.41) is 0. The third-order valence-corrected chi connectivity index (χ3v) is 1.41. The second-order valence-corrected chi connectivity index (χ2v) is 5.67. The van der Waals surface area contributed by atoms with Gasteiger partial charge in [-0.25, -0.2) is 4.79 Å². The normalized spacial score (nSPS) is 12.4. The molecule has 6 heteroatoms. The third-order valence-electron chi connectivity index (χ3n) is 1.41. The van der Waals surface area contributed by atoms with Crippen molar-refractivity contribution >= 4 is 0 Å². The Hall–Kier alpha value is -1.59. The van der Waals surface area contributed by atoms with Crippen molar-refractivity contribution in [3.63, 3.8) is 0 Å². The van der Waals surface area contributed by atoms with E-state index in [1.165, 1.54) is 0 Å². The molecular weight excluding hydrogens is 222 g/mol. The van der Waals surface area contributed by atoms with E-state index in [9.17, 15) is 4.79 Å². The number of aromatic amines is 1. The van der Waals surface area contributed by atoms with Crippen LogP contribution in [0.25, 0.3) is 0 Å². The first kappa shape index (κ1) is 13.5. The van der Waals surface area contributed by atoms with Gasteiger partial charge in [-0.2, -0.15) is 0 Å². The monoisotopic (exact) mass is 241 g/mol. The number of nitrogens with zero attached hydrogens (tertiary/aromatic N) is 2. The Bertz CT molecular complexity index is 403. The molecule has 0 aliphatic carbocycles. The molecular formula is C11H19N3O3. The van der Waals surface area contributed by atoms with Gasteiger partial charge in [-0.05, 0) is 41.5 Å². The Morgan fingerprint density at radius 2 is 1.47 bits per heavy atom. The summed E-state index contributed by atoms with van der Waals surface area (Å²) in [7, 11) is 0. The lowest BCUT2D eigenvalue weighted by Crippen LogP contribution is -2.29. The van der Waals surface area contributed by atoms with Crippen molar-refractivity contribution in [2.75, 3.05) is 0 Å². The van der Waals surface area contributed by atoms with Gasteiger partial charge in [-0.3, -0.25) is 4.98 Å². The number of hydrogen-bond donors (Lipinski definition) is 1. The minimum atomic E-state index is -0.543. The maximum atomic E-state index is 11.3. The molecule has 0 radical (unpaired) electrons. The molecule has 0 amide bonds. The maximum Gasteiger partial charge on any atom is 0.353 e. The summed E-state index contributed by atoms with van der Waals surface area (Å²) >= 11 is 0. The molecule has 0 unspecified atom stereocenters. The van der Waals surface area contributed by atoms with E-state index in [1.54, 1.807) is 0 Å². The fraction of sp³-hybridized carbons (Fsp3) is 0.727. The molecule has 0 aromatic carbocycles. The Morgan fingerprint density at radius 1 is 0.941 bits per heavy atom. The highest BCUT2D eigenvalue weighted by molar-refractivity contribution is 5.02. The number of aromatic nitrogens is 3. The lowest BCUT2D eigenvalue weighted by molar-refractivity contribution is 0.0971. The molecule has 1 N–H and O–H groups in total. The van der Waals surface area contributed by atoms with Crippen LogP contribution in [-0.2, 0) is 0 Å². The summed E-state index contributed by atoms with van der Waals surface area (Å²) in [6.07, 6.45) is 0. The Morgan fingerprint density at radius 3 is 1.94 bits per heavy atom. The minimum absolute atomic E-state index is 0.0144. The van der Waals surface area contributed by atoms with Crippen molar-refractivity contribution in [1.82, 2.24) is 15.0 Å². The summed E-state index contributed by atoms with van der Waals surface area (Å²) in [5.41, 5.74) is -1.46. The molecule has 0 spiro atoms. The molecule has 0 saturated heterocycles. The van der Waals surface area contributed by atoms with Crippen LogP contribution >= 0.6 is 0 Å². The number of ether oxygens (including phenoxy) is 2. The zero-order valence-corrected chi connectivity index (χ0v) is 11.1. The molecule has 6 nitrogen and oxygen atoms in total. The van der Waals surface area contributed by atoms with E-state index in [0.29, 0.717) is 0 Å². The Balaban J connectivity index is 2.99. The molecule has 0 bridgehead atoms. The van der Waals surface area contributed by atoms with Gasteiger partial charge in [0.2, 0.25) is 0 Å². The van der Waals surface area contributed by atoms with E-state index >= 15 is 0 Å². The summed E-state index contributed by atoms with van der Waals surface area (Å²) in [5.74, 6) is 0. The maximum absolute atomic E-state index is 11.3. The zero-order valence-electron chi connectivity index (χ0n) is 11.1. The first-order valence-electron chi connectivity index (χ1n) is 5.42. The second kappa shape index (κ2) is 4.35. The van der Waals surface area contributed by atoms with E-state index in [1.807, 2.05) is 41.5 Å². The van der Waals surface area contributed by atoms with Gasteiger partial charge in [0.15, 0.2) is 0 Å². The number of rotatable bonds is 2. The van der Waals surface area contributed by atoms with Crippen LogP contribution in [0.5, 0.6) is 12.0 Å². The van der Waals surface area contributed by atoms with Gasteiger partial charge in [0.25, 0.3) is 0 Å². The topological polar surface area (TPSA) is 77.1 Å². The fourth-order valence-corrected chi connectivity index (χ4v) is 1.00. The molecule has 17 heavy (non-hydrogen) atoms. The van der Waals surface area contributed by atoms with Crippen molar-refractivity contribution in [3.05, 3.63) is 10.5 Å². The van der Waals surface area contributed by atoms with Crippen LogP contribution in [0.2, 0.25) is 0 Å². The van der Waals surface area contributed by atoms with Gasteiger partial charge in [-0.15, -0.1) is 9.97 Å². The summed E-state index contributed by atoms with van der Waals surface area (Å²) < 4.78 is 10.9. The highest BCUT2D eigenvalue weighted by Gasteiger charge is 2.18. The summed E-state index contributed by atoms with van der Waals surface area (Å²) in [4.78, 5) is 21.3. The standard InChI is InChI=1S/C11H19N3O3/c1-10(2,3)16-8-12-7(15)13-9(14-8)17-11(4,5)6/h1-6H3,(H,12,13,14,15). The van der Waals surface area contributed by atoms with Crippen molar-refractivity contribution < 1.29 is 9.47 Å². The molecule has 1 rings (SSSR count). The van der Waals surface area contributed by atoms with E-state index in [0.717, 1.165) is 0 Å². The Labute approximate surface area is 100 Å².